The molecule has 5 nitrogen and oxygen atoms in total. The molecule has 3 N–H and O–H groups in total. The van der Waals surface area contributed by atoms with Crippen LogP contribution in [0.5, 0.6) is 0 Å². The Morgan fingerprint density at radius 3 is 3.14 bits per heavy atom. The van der Waals surface area contributed by atoms with Crippen LogP contribution in [-0.4, -0.2) is 29.2 Å². The summed E-state index contributed by atoms with van der Waals surface area (Å²) >= 11 is 6.25. The van der Waals surface area contributed by atoms with Gasteiger partial charge in [0.15, 0.2) is 0 Å². The molecular formula is C16H19ClN4O. The zero-order chi connectivity index (χ0) is 15.5. The maximum atomic E-state index is 12.3. The number of aromatic amines is 1. The molecule has 1 unspecified atom stereocenters. The number of rotatable bonds is 4. The molecule has 6 heteroatoms. The molecule has 0 spiro atoms. The van der Waals surface area contributed by atoms with Crippen LogP contribution in [0, 0.1) is 6.92 Å². The monoisotopic (exact) mass is 318 g/mol. The second kappa shape index (κ2) is 6.50. The van der Waals surface area contributed by atoms with Crippen LogP contribution >= 0.6 is 11.6 Å². The second-order valence-corrected chi connectivity index (χ2v) is 6.04. The molecule has 3 rings (SSSR count). The lowest BCUT2D eigenvalue weighted by molar-refractivity contribution is -0.115. The summed E-state index contributed by atoms with van der Waals surface area (Å²) < 4.78 is 0. The lowest BCUT2D eigenvalue weighted by atomic mass is 10.0. The molecule has 1 aromatic carbocycles. The molecule has 0 bridgehead atoms. The van der Waals surface area contributed by atoms with Crippen molar-refractivity contribution in [3.8, 4) is 0 Å². The molecule has 1 atom stereocenters. The topological polar surface area (TPSA) is 69.8 Å². The van der Waals surface area contributed by atoms with Gasteiger partial charge in [0.1, 0.15) is 0 Å². The van der Waals surface area contributed by atoms with E-state index in [-0.39, 0.29) is 12.3 Å². The van der Waals surface area contributed by atoms with Crippen molar-refractivity contribution in [1.82, 2.24) is 15.5 Å². The Bertz CT molecular complexity index is 677. The van der Waals surface area contributed by atoms with E-state index in [1.54, 1.807) is 6.20 Å². The first-order chi connectivity index (χ1) is 10.6. The van der Waals surface area contributed by atoms with Crippen molar-refractivity contribution in [2.45, 2.75) is 25.7 Å². The van der Waals surface area contributed by atoms with Crippen LogP contribution in [0.15, 0.2) is 24.4 Å². The van der Waals surface area contributed by atoms with Gasteiger partial charge in [0.05, 0.1) is 24.0 Å². The van der Waals surface area contributed by atoms with Crippen molar-refractivity contribution < 1.29 is 4.79 Å². The largest absolute Gasteiger partial charge is 0.323 e. The molecule has 116 valence electrons. The fourth-order valence-corrected chi connectivity index (χ4v) is 3.01. The zero-order valence-electron chi connectivity index (χ0n) is 12.4. The molecule has 2 heterocycles. The molecule has 0 aliphatic carbocycles. The first-order valence-electron chi connectivity index (χ1n) is 7.43. The standard InChI is InChI=1S/C16H19ClN4O/c1-10-3-2-4-11(15(10)17)7-14(22)20-13-9-19-21-16(13)12-5-6-18-8-12/h2-4,9,12,18H,5-8H2,1H3,(H,19,21)(H,20,22). The van der Waals surface area contributed by atoms with E-state index in [1.165, 1.54) is 0 Å². The van der Waals surface area contributed by atoms with E-state index in [1.807, 2.05) is 25.1 Å². The average molecular weight is 319 g/mol. The number of nitrogens with one attached hydrogen (secondary N) is 3. The van der Waals surface area contributed by atoms with Crippen molar-refractivity contribution in [3.05, 3.63) is 46.2 Å². The SMILES string of the molecule is Cc1cccc(CC(=O)Nc2cn[nH]c2C2CCNC2)c1Cl. The quantitative estimate of drug-likeness (QED) is 0.811. The van der Waals surface area contributed by atoms with Crippen molar-refractivity contribution in [1.29, 1.82) is 0 Å². The first-order valence-corrected chi connectivity index (χ1v) is 7.80. The molecule has 1 aromatic heterocycles. The molecule has 0 saturated carbocycles. The van der Waals surface area contributed by atoms with Crippen LogP contribution in [0.4, 0.5) is 5.69 Å². The summed E-state index contributed by atoms with van der Waals surface area (Å²) in [4.78, 5) is 12.3. The molecule has 1 fully saturated rings. The Balaban J connectivity index is 1.70. The smallest absolute Gasteiger partial charge is 0.228 e. The number of carbonyl (C=O) groups excluding carboxylic acids is 1. The molecule has 1 amide bonds. The van der Waals surface area contributed by atoms with Crippen LogP contribution in [0.2, 0.25) is 5.02 Å². The number of hydrogen-bond acceptors (Lipinski definition) is 3. The van der Waals surface area contributed by atoms with Gasteiger partial charge in [-0.05, 0) is 31.0 Å². The molecular weight excluding hydrogens is 300 g/mol. The number of halogens is 1. The van der Waals surface area contributed by atoms with Gasteiger partial charge in [0.2, 0.25) is 5.91 Å². The normalized spacial score (nSPS) is 17.6. The van der Waals surface area contributed by atoms with E-state index in [2.05, 4.69) is 20.8 Å². The number of aryl methyl sites for hydroxylation is 1. The summed E-state index contributed by atoms with van der Waals surface area (Å²) in [6.45, 7) is 3.84. The van der Waals surface area contributed by atoms with Gasteiger partial charge in [-0.15, -0.1) is 0 Å². The highest BCUT2D eigenvalue weighted by Gasteiger charge is 2.22. The van der Waals surface area contributed by atoms with Crippen molar-refractivity contribution in [2.75, 3.05) is 18.4 Å². The van der Waals surface area contributed by atoms with Gasteiger partial charge in [-0.3, -0.25) is 9.89 Å². The first kappa shape index (κ1) is 15.1. The lowest BCUT2D eigenvalue weighted by Gasteiger charge is -2.11. The number of nitrogens with zero attached hydrogens (tertiary/aromatic N) is 1. The van der Waals surface area contributed by atoms with Crippen LogP contribution in [0.3, 0.4) is 0 Å². The minimum Gasteiger partial charge on any atom is -0.323 e. The molecule has 1 aliphatic heterocycles. The van der Waals surface area contributed by atoms with E-state index in [4.69, 9.17) is 11.6 Å². The highest BCUT2D eigenvalue weighted by molar-refractivity contribution is 6.32. The van der Waals surface area contributed by atoms with Gasteiger partial charge < -0.3 is 10.6 Å². The third-order valence-electron chi connectivity index (χ3n) is 4.03. The third-order valence-corrected chi connectivity index (χ3v) is 4.58. The number of hydrogen-bond donors (Lipinski definition) is 3. The van der Waals surface area contributed by atoms with Crippen LogP contribution in [0.25, 0.3) is 0 Å². The van der Waals surface area contributed by atoms with E-state index in [0.717, 1.165) is 42.0 Å². The zero-order valence-corrected chi connectivity index (χ0v) is 13.2. The Morgan fingerprint density at radius 2 is 2.36 bits per heavy atom. The molecule has 0 radical (unpaired) electrons. The van der Waals surface area contributed by atoms with Crippen molar-refractivity contribution >= 4 is 23.2 Å². The predicted octanol–water partition coefficient (Wildman–Crippen LogP) is 2.63. The number of benzene rings is 1. The summed E-state index contributed by atoms with van der Waals surface area (Å²) in [6, 6.07) is 5.73. The number of H-pyrrole nitrogens is 1. The Morgan fingerprint density at radius 1 is 1.50 bits per heavy atom. The van der Waals surface area contributed by atoms with E-state index in [9.17, 15) is 4.79 Å². The summed E-state index contributed by atoms with van der Waals surface area (Å²) in [7, 11) is 0. The lowest BCUT2D eigenvalue weighted by Crippen LogP contribution is -2.17. The third kappa shape index (κ3) is 3.15. The minimum atomic E-state index is -0.0823. The summed E-state index contributed by atoms with van der Waals surface area (Å²) in [5, 5.41) is 14.0. The highest BCUT2D eigenvalue weighted by Crippen LogP contribution is 2.27. The molecule has 1 aliphatic rings. The van der Waals surface area contributed by atoms with E-state index < -0.39 is 0 Å². The predicted molar refractivity (Wildman–Crippen MR) is 87.3 cm³/mol. The van der Waals surface area contributed by atoms with Crippen molar-refractivity contribution in [2.24, 2.45) is 0 Å². The number of carbonyl (C=O) groups is 1. The fourth-order valence-electron chi connectivity index (χ4n) is 2.82. The van der Waals surface area contributed by atoms with E-state index in [0.29, 0.717) is 10.9 Å². The van der Waals surface area contributed by atoms with Gasteiger partial charge >= 0.3 is 0 Å². The van der Waals surface area contributed by atoms with Crippen molar-refractivity contribution in [3.63, 3.8) is 0 Å². The summed E-state index contributed by atoms with van der Waals surface area (Å²) in [5.41, 5.74) is 3.58. The van der Waals surface area contributed by atoms with Crippen LogP contribution in [-0.2, 0) is 11.2 Å². The van der Waals surface area contributed by atoms with Gasteiger partial charge in [0.25, 0.3) is 0 Å². The van der Waals surface area contributed by atoms with Crippen LogP contribution < -0.4 is 10.6 Å². The highest BCUT2D eigenvalue weighted by atomic mass is 35.5. The fraction of sp³-hybridized carbons (Fsp3) is 0.375. The van der Waals surface area contributed by atoms with Gasteiger partial charge in [-0.1, -0.05) is 29.8 Å². The Labute approximate surface area is 134 Å². The van der Waals surface area contributed by atoms with E-state index >= 15 is 0 Å². The molecule has 2 aromatic rings. The molecule has 1 saturated heterocycles. The summed E-state index contributed by atoms with van der Waals surface area (Å²) in [6.07, 6.45) is 2.98. The number of amides is 1. The number of anilines is 1. The average Bonchev–Trinajstić information content (AvgIpc) is 3.14. The minimum absolute atomic E-state index is 0.0823. The van der Waals surface area contributed by atoms with Gasteiger partial charge in [0, 0.05) is 17.5 Å². The number of aromatic nitrogens is 2. The van der Waals surface area contributed by atoms with Crippen LogP contribution in [0.1, 0.15) is 29.2 Å². The Hall–Kier alpha value is -1.85. The van der Waals surface area contributed by atoms with Gasteiger partial charge in [-0.2, -0.15) is 5.10 Å². The maximum Gasteiger partial charge on any atom is 0.228 e. The summed E-state index contributed by atoms with van der Waals surface area (Å²) in [5.74, 6) is 0.293. The Kier molecular flexibility index (Phi) is 4.45. The molecule has 22 heavy (non-hydrogen) atoms. The second-order valence-electron chi connectivity index (χ2n) is 5.66. The van der Waals surface area contributed by atoms with Gasteiger partial charge in [-0.25, -0.2) is 0 Å². The maximum absolute atomic E-state index is 12.3.